The van der Waals surface area contributed by atoms with Gasteiger partial charge >= 0.3 is 0 Å². The number of aryl methyl sites for hydroxylation is 2. The Balaban J connectivity index is 2.35. The summed E-state index contributed by atoms with van der Waals surface area (Å²) in [7, 11) is 3.49. The summed E-state index contributed by atoms with van der Waals surface area (Å²) >= 11 is 1.60. The summed E-state index contributed by atoms with van der Waals surface area (Å²) in [6, 6.07) is 11.7. The monoisotopic (exact) mass is 300 g/mol. The minimum absolute atomic E-state index is 0.0162. The van der Waals surface area contributed by atoms with E-state index in [1.54, 1.807) is 42.9 Å². The topological polar surface area (TPSA) is 46.3 Å². The van der Waals surface area contributed by atoms with Crippen LogP contribution in [0.25, 0.3) is 0 Å². The molecular weight excluding hydrogens is 280 g/mol. The van der Waals surface area contributed by atoms with Gasteiger partial charge in [-0.2, -0.15) is 0 Å². The van der Waals surface area contributed by atoms with Gasteiger partial charge in [-0.1, -0.05) is 29.5 Å². The molecule has 0 aliphatic carbocycles. The molecule has 110 valence electrons. The fourth-order valence-electron chi connectivity index (χ4n) is 2.05. The summed E-state index contributed by atoms with van der Waals surface area (Å²) in [6.07, 6.45) is 0. The number of nitrogen functional groups attached to an aromatic ring is 1. The predicted molar refractivity (Wildman–Crippen MR) is 88.9 cm³/mol. The number of carbonyl (C=O) groups is 1. The molecule has 2 N–H and O–H groups in total. The van der Waals surface area contributed by atoms with E-state index in [4.69, 9.17) is 5.73 Å². The van der Waals surface area contributed by atoms with Crippen molar-refractivity contribution in [3.8, 4) is 0 Å². The molecule has 2 rings (SSSR count). The highest BCUT2D eigenvalue weighted by Gasteiger charge is 2.12. The van der Waals surface area contributed by atoms with Crippen LogP contribution >= 0.6 is 11.8 Å². The molecule has 2 aromatic carbocycles. The van der Waals surface area contributed by atoms with Crippen LogP contribution in [-0.2, 0) is 0 Å². The van der Waals surface area contributed by atoms with E-state index in [2.05, 4.69) is 32.0 Å². The first-order valence-corrected chi connectivity index (χ1v) is 7.56. The Bertz CT molecular complexity index is 680. The lowest BCUT2D eigenvalue weighted by Crippen LogP contribution is -2.21. The molecule has 0 unspecified atom stereocenters. The summed E-state index contributed by atoms with van der Waals surface area (Å²) in [4.78, 5) is 15.7. The maximum Gasteiger partial charge on any atom is 0.253 e. The Hall–Kier alpha value is -1.94. The minimum Gasteiger partial charge on any atom is -0.398 e. The second kappa shape index (κ2) is 6.22. The van der Waals surface area contributed by atoms with E-state index in [-0.39, 0.29) is 5.91 Å². The quantitative estimate of drug-likeness (QED) is 0.878. The largest absolute Gasteiger partial charge is 0.398 e. The van der Waals surface area contributed by atoms with Crippen molar-refractivity contribution in [2.24, 2.45) is 0 Å². The average Bonchev–Trinajstić information content (AvgIpc) is 2.43. The summed E-state index contributed by atoms with van der Waals surface area (Å²) in [5, 5.41) is 0. The van der Waals surface area contributed by atoms with Gasteiger partial charge in [-0.3, -0.25) is 4.79 Å². The molecule has 4 heteroatoms. The molecule has 0 atom stereocenters. The molecule has 21 heavy (non-hydrogen) atoms. The Labute approximate surface area is 130 Å². The van der Waals surface area contributed by atoms with Gasteiger partial charge in [0.25, 0.3) is 5.91 Å². The molecule has 1 amide bonds. The molecule has 0 aromatic heterocycles. The van der Waals surface area contributed by atoms with Crippen LogP contribution in [0.5, 0.6) is 0 Å². The number of nitrogens with two attached hydrogens (primary N) is 1. The first-order valence-electron chi connectivity index (χ1n) is 6.75. The first-order chi connectivity index (χ1) is 9.88. The van der Waals surface area contributed by atoms with Crippen LogP contribution in [0.15, 0.2) is 46.2 Å². The van der Waals surface area contributed by atoms with Crippen molar-refractivity contribution in [2.45, 2.75) is 23.6 Å². The van der Waals surface area contributed by atoms with E-state index in [9.17, 15) is 4.79 Å². The number of rotatable bonds is 3. The van der Waals surface area contributed by atoms with Crippen molar-refractivity contribution in [1.82, 2.24) is 4.90 Å². The highest BCUT2D eigenvalue weighted by atomic mass is 32.2. The molecule has 0 radical (unpaired) electrons. The van der Waals surface area contributed by atoms with Gasteiger partial charge in [-0.25, -0.2) is 0 Å². The normalized spacial score (nSPS) is 10.5. The van der Waals surface area contributed by atoms with Gasteiger partial charge in [0.15, 0.2) is 0 Å². The molecule has 0 saturated carbocycles. The van der Waals surface area contributed by atoms with E-state index in [1.807, 2.05) is 6.07 Å². The molecule has 3 nitrogen and oxygen atoms in total. The van der Waals surface area contributed by atoms with Crippen LogP contribution in [0.4, 0.5) is 5.69 Å². The smallest absolute Gasteiger partial charge is 0.253 e. The summed E-state index contributed by atoms with van der Waals surface area (Å²) in [5.41, 5.74) is 9.84. The molecule has 0 heterocycles. The zero-order chi connectivity index (χ0) is 15.6. The van der Waals surface area contributed by atoms with Gasteiger partial charge in [-0.05, 0) is 43.7 Å². The van der Waals surface area contributed by atoms with Crippen molar-refractivity contribution >= 4 is 23.4 Å². The second-order valence-corrected chi connectivity index (χ2v) is 6.41. The number of hydrogen-bond acceptors (Lipinski definition) is 3. The van der Waals surface area contributed by atoms with E-state index in [0.717, 1.165) is 9.79 Å². The molecular formula is C17H20N2OS. The summed E-state index contributed by atoms with van der Waals surface area (Å²) < 4.78 is 0. The SMILES string of the molecule is Cc1ccc(Sc2cc(C(=O)N(C)C)ccc2N)c(C)c1. The van der Waals surface area contributed by atoms with Crippen LogP contribution in [0.3, 0.4) is 0 Å². The third kappa shape index (κ3) is 3.58. The third-order valence-corrected chi connectivity index (χ3v) is 4.47. The van der Waals surface area contributed by atoms with Gasteiger partial charge in [0.05, 0.1) is 0 Å². The Kier molecular flexibility index (Phi) is 4.58. The van der Waals surface area contributed by atoms with Gasteiger partial charge < -0.3 is 10.6 Å². The van der Waals surface area contributed by atoms with E-state index in [0.29, 0.717) is 11.3 Å². The lowest BCUT2D eigenvalue weighted by Gasteiger charge is -2.13. The Morgan fingerprint density at radius 1 is 1.05 bits per heavy atom. The van der Waals surface area contributed by atoms with E-state index >= 15 is 0 Å². The zero-order valence-corrected chi connectivity index (χ0v) is 13.6. The number of amides is 1. The highest BCUT2D eigenvalue weighted by Crippen LogP contribution is 2.35. The first kappa shape index (κ1) is 15.4. The van der Waals surface area contributed by atoms with Gasteiger partial charge in [0.2, 0.25) is 0 Å². The molecule has 0 aliphatic rings. The maximum atomic E-state index is 12.0. The van der Waals surface area contributed by atoms with Crippen molar-refractivity contribution in [1.29, 1.82) is 0 Å². The van der Waals surface area contributed by atoms with Crippen molar-refractivity contribution in [3.63, 3.8) is 0 Å². The number of nitrogens with zero attached hydrogens (tertiary/aromatic N) is 1. The molecule has 2 aromatic rings. The molecule has 0 saturated heterocycles. The standard InChI is InChI=1S/C17H20N2OS/c1-11-5-8-15(12(2)9-11)21-16-10-13(6-7-14(16)18)17(20)19(3)4/h5-10H,18H2,1-4H3. The number of benzene rings is 2. The maximum absolute atomic E-state index is 12.0. The Morgan fingerprint density at radius 2 is 1.76 bits per heavy atom. The summed E-state index contributed by atoms with van der Waals surface area (Å²) in [6.45, 7) is 4.16. The van der Waals surface area contributed by atoms with E-state index < -0.39 is 0 Å². The van der Waals surface area contributed by atoms with Crippen molar-refractivity contribution < 1.29 is 4.79 Å². The third-order valence-electron chi connectivity index (χ3n) is 3.22. The molecule has 0 aliphatic heterocycles. The van der Waals surface area contributed by atoms with Crippen LogP contribution in [0, 0.1) is 13.8 Å². The Morgan fingerprint density at radius 3 is 2.38 bits per heavy atom. The van der Waals surface area contributed by atoms with Crippen LogP contribution < -0.4 is 5.73 Å². The van der Waals surface area contributed by atoms with Crippen molar-refractivity contribution in [3.05, 3.63) is 53.1 Å². The lowest BCUT2D eigenvalue weighted by molar-refractivity contribution is 0.0827. The number of hydrogen-bond donors (Lipinski definition) is 1. The summed E-state index contributed by atoms with van der Waals surface area (Å²) in [5.74, 6) is -0.0162. The minimum atomic E-state index is -0.0162. The highest BCUT2D eigenvalue weighted by molar-refractivity contribution is 7.99. The van der Waals surface area contributed by atoms with Crippen LogP contribution in [0.2, 0.25) is 0 Å². The van der Waals surface area contributed by atoms with Crippen molar-refractivity contribution in [2.75, 3.05) is 19.8 Å². The van der Waals surface area contributed by atoms with Crippen LogP contribution in [0.1, 0.15) is 21.5 Å². The van der Waals surface area contributed by atoms with Gasteiger partial charge in [0.1, 0.15) is 0 Å². The predicted octanol–water partition coefficient (Wildman–Crippen LogP) is 3.74. The fourth-order valence-corrected chi connectivity index (χ4v) is 3.01. The second-order valence-electron chi connectivity index (χ2n) is 5.32. The molecule has 0 fully saturated rings. The average molecular weight is 300 g/mol. The number of anilines is 1. The fraction of sp³-hybridized carbons (Fsp3) is 0.235. The molecule has 0 bridgehead atoms. The zero-order valence-electron chi connectivity index (χ0n) is 12.8. The van der Waals surface area contributed by atoms with Crippen LogP contribution in [-0.4, -0.2) is 24.9 Å². The van der Waals surface area contributed by atoms with Gasteiger partial charge in [0, 0.05) is 35.1 Å². The lowest BCUT2D eigenvalue weighted by atomic mass is 10.2. The molecule has 0 spiro atoms. The van der Waals surface area contributed by atoms with Gasteiger partial charge in [-0.15, -0.1) is 0 Å². The van der Waals surface area contributed by atoms with E-state index in [1.165, 1.54) is 11.1 Å². The number of carbonyl (C=O) groups excluding carboxylic acids is 1.